The maximum atomic E-state index is 12.8. The van der Waals surface area contributed by atoms with Crippen molar-refractivity contribution in [3.63, 3.8) is 0 Å². The van der Waals surface area contributed by atoms with Crippen molar-refractivity contribution in [1.82, 2.24) is 19.8 Å². The van der Waals surface area contributed by atoms with E-state index in [1.165, 1.54) is 4.90 Å². The van der Waals surface area contributed by atoms with Crippen molar-refractivity contribution in [3.05, 3.63) is 48.8 Å². The van der Waals surface area contributed by atoms with Gasteiger partial charge in [-0.05, 0) is 25.1 Å². The predicted molar refractivity (Wildman–Crippen MR) is 106 cm³/mol. The molecule has 150 valence electrons. The second-order valence-corrected chi connectivity index (χ2v) is 7.01. The quantitative estimate of drug-likeness (QED) is 0.719. The lowest BCUT2D eigenvalue weighted by atomic mass is 10.2. The van der Waals surface area contributed by atoms with Crippen LogP contribution < -0.4 is 9.80 Å². The molecule has 4 amide bonds. The molecule has 3 heterocycles. The second-order valence-electron chi connectivity index (χ2n) is 7.01. The van der Waals surface area contributed by atoms with Gasteiger partial charge in [0.1, 0.15) is 12.6 Å². The lowest BCUT2D eigenvalue weighted by Gasteiger charge is -2.35. The van der Waals surface area contributed by atoms with Crippen molar-refractivity contribution in [2.45, 2.75) is 13.0 Å². The molecular formula is C20H22N6O3. The summed E-state index contributed by atoms with van der Waals surface area (Å²) in [5.74, 6) is 0.0443. The van der Waals surface area contributed by atoms with Gasteiger partial charge >= 0.3 is 6.03 Å². The smallest absolute Gasteiger partial charge is 0.332 e. The number of hydrogen-bond acceptors (Lipinski definition) is 6. The highest BCUT2D eigenvalue weighted by molar-refractivity contribution is 6.15. The summed E-state index contributed by atoms with van der Waals surface area (Å²) in [6.45, 7) is 3.62. The first kappa shape index (κ1) is 18.9. The average Bonchev–Trinajstić information content (AvgIpc) is 2.98. The maximum absolute atomic E-state index is 12.8. The molecule has 2 aliphatic rings. The molecule has 2 fully saturated rings. The number of hydrogen-bond donors (Lipinski definition) is 0. The minimum Gasteiger partial charge on any atom is -0.338 e. The van der Waals surface area contributed by atoms with E-state index >= 15 is 0 Å². The number of rotatable bonds is 4. The van der Waals surface area contributed by atoms with Crippen molar-refractivity contribution in [1.29, 1.82) is 0 Å². The number of aromatic nitrogens is 2. The number of urea groups is 1. The average molecular weight is 394 g/mol. The van der Waals surface area contributed by atoms with Crippen LogP contribution in [0.4, 0.5) is 16.4 Å². The second kappa shape index (κ2) is 7.86. The van der Waals surface area contributed by atoms with Gasteiger partial charge in [0.25, 0.3) is 5.91 Å². The zero-order chi connectivity index (χ0) is 20.4. The van der Waals surface area contributed by atoms with Crippen LogP contribution in [0.1, 0.15) is 6.92 Å². The molecule has 0 spiro atoms. The van der Waals surface area contributed by atoms with Gasteiger partial charge < -0.3 is 9.80 Å². The molecule has 0 aliphatic carbocycles. The summed E-state index contributed by atoms with van der Waals surface area (Å²) in [7, 11) is 0. The number of amides is 4. The van der Waals surface area contributed by atoms with Crippen LogP contribution in [0.2, 0.25) is 0 Å². The van der Waals surface area contributed by atoms with E-state index in [0.717, 1.165) is 4.90 Å². The third kappa shape index (κ3) is 3.63. The molecule has 1 aromatic carbocycles. The van der Waals surface area contributed by atoms with Gasteiger partial charge in [0.05, 0.1) is 0 Å². The van der Waals surface area contributed by atoms with Crippen molar-refractivity contribution >= 4 is 29.5 Å². The molecule has 1 atom stereocenters. The fraction of sp³-hybridized carbons (Fsp3) is 0.350. The van der Waals surface area contributed by atoms with Gasteiger partial charge in [-0.3, -0.25) is 19.4 Å². The third-order valence-corrected chi connectivity index (χ3v) is 5.24. The molecule has 0 bridgehead atoms. The van der Waals surface area contributed by atoms with E-state index < -0.39 is 12.1 Å². The first-order valence-electron chi connectivity index (χ1n) is 9.55. The predicted octanol–water partition coefficient (Wildman–Crippen LogP) is 0.982. The molecule has 4 rings (SSSR count). The number of nitrogens with zero attached hydrogens (tertiary/aromatic N) is 6. The number of carbonyl (C=O) groups is 3. The Labute approximate surface area is 168 Å². The van der Waals surface area contributed by atoms with Gasteiger partial charge in [-0.2, -0.15) is 0 Å². The molecule has 9 heteroatoms. The highest BCUT2D eigenvalue weighted by Crippen LogP contribution is 2.25. The third-order valence-electron chi connectivity index (χ3n) is 5.24. The summed E-state index contributed by atoms with van der Waals surface area (Å²) >= 11 is 0. The van der Waals surface area contributed by atoms with E-state index in [9.17, 15) is 14.4 Å². The molecule has 0 saturated carbocycles. The SMILES string of the molecule is C[C@H]1C(=O)N(CC(=O)N2CCN(c3ncccn3)CC2)C(=O)N1c1ccccc1. The van der Waals surface area contributed by atoms with Crippen LogP contribution in [-0.4, -0.2) is 76.4 Å². The molecule has 0 N–H and O–H groups in total. The van der Waals surface area contributed by atoms with E-state index in [0.29, 0.717) is 37.8 Å². The molecule has 0 unspecified atom stereocenters. The van der Waals surface area contributed by atoms with Crippen LogP contribution in [0, 0.1) is 0 Å². The monoisotopic (exact) mass is 394 g/mol. The van der Waals surface area contributed by atoms with Gasteiger partial charge in [0.15, 0.2) is 0 Å². The first-order valence-corrected chi connectivity index (χ1v) is 9.55. The van der Waals surface area contributed by atoms with E-state index in [1.807, 2.05) is 23.1 Å². The molecule has 2 aromatic rings. The van der Waals surface area contributed by atoms with Crippen LogP contribution in [0.15, 0.2) is 48.8 Å². The van der Waals surface area contributed by atoms with Crippen LogP contribution in [0.3, 0.4) is 0 Å². The Morgan fingerprint density at radius 2 is 1.66 bits per heavy atom. The van der Waals surface area contributed by atoms with E-state index in [1.54, 1.807) is 42.4 Å². The molecule has 0 radical (unpaired) electrons. The van der Waals surface area contributed by atoms with Gasteiger partial charge in [0, 0.05) is 44.3 Å². The number of para-hydroxylation sites is 1. The number of piperazine rings is 1. The van der Waals surface area contributed by atoms with Gasteiger partial charge in [-0.1, -0.05) is 18.2 Å². The van der Waals surface area contributed by atoms with Crippen molar-refractivity contribution in [3.8, 4) is 0 Å². The zero-order valence-corrected chi connectivity index (χ0v) is 16.1. The summed E-state index contributed by atoms with van der Waals surface area (Å²) in [5.41, 5.74) is 0.643. The Morgan fingerprint density at radius 3 is 2.31 bits per heavy atom. The first-order chi connectivity index (χ1) is 14.1. The Bertz CT molecular complexity index is 899. The van der Waals surface area contributed by atoms with E-state index in [-0.39, 0.29) is 18.4 Å². The van der Waals surface area contributed by atoms with Gasteiger partial charge in [0.2, 0.25) is 11.9 Å². The minimum absolute atomic E-state index is 0.234. The molecule has 2 saturated heterocycles. The number of imide groups is 1. The van der Waals surface area contributed by atoms with Crippen molar-refractivity contribution in [2.75, 3.05) is 42.5 Å². The standard InChI is InChI=1S/C20H22N6O3/c1-15-18(28)25(20(29)26(15)16-6-3-2-4-7-16)14-17(27)23-10-12-24(13-11-23)19-21-8-5-9-22-19/h2-9,15H,10-14H2,1H3/t15-/m0/s1. The minimum atomic E-state index is -0.634. The van der Waals surface area contributed by atoms with Crippen LogP contribution in [0.5, 0.6) is 0 Å². The Balaban J connectivity index is 1.39. The van der Waals surface area contributed by atoms with Crippen LogP contribution >= 0.6 is 0 Å². The normalized spacial score (nSPS) is 19.8. The van der Waals surface area contributed by atoms with E-state index in [4.69, 9.17) is 0 Å². The summed E-state index contributed by atoms with van der Waals surface area (Å²) in [5, 5.41) is 0. The van der Waals surface area contributed by atoms with E-state index in [2.05, 4.69) is 9.97 Å². The van der Waals surface area contributed by atoms with Crippen LogP contribution in [-0.2, 0) is 9.59 Å². The summed E-state index contributed by atoms with van der Waals surface area (Å²) in [4.78, 5) is 52.8. The maximum Gasteiger partial charge on any atom is 0.332 e. The Hall–Kier alpha value is -3.49. The summed E-state index contributed by atoms with van der Waals surface area (Å²) in [6.07, 6.45) is 3.37. The molecule has 2 aliphatic heterocycles. The highest BCUT2D eigenvalue weighted by atomic mass is 16.2. The highest BCUT2D eigenvalue weighted by Gasteiger charge is 2.44. The lowest BCUT2D eigenvalue weighted by molar-refractivity contribution is -0.137. The topological polar surface area (TPSA) is 90.0 Å². The Morgan fingerprint density at radius 1 is 1.00 bits per heavy atom. The van der Waals surface area contributed by atoms with Crippen LogP contribution in [0.25, 0.3) is 0 Å². The Kier molecular flexibility index (Phi) is 5.11. The molecule has 1 aromatic heterocycles. The number of carbonyl (C=O) groups excluding carboxylic acids is 3. The lowest BCUT2D eigenvalue weighted by Crippen LogP contribution is -2.52. The molecular weight excluding hydrogens is 372 g/mol. The summed E-state index contributed by atoms with van der Waals surface area (Å²) < 4.78 is 0. The summed E-state index contributed by atoms with van der Waals surface area (Å²) in [6, 6.07) is 9.68. The molecule has 29 heavy (non-hydrogen) atoms. The van der Waals surface area contributed by atoms with Gasteiger partial charge in [-0.15, -0.1) is 0 Å². The van der Waals surface area contributed by atoms with Gasteiger partial charge in [-0.25, -0.2) is 14.8 Å². The fourth-order valence-electron chi connectivity index (χ4n) is 3.64. The van der Waals surface area contributed by atoms with Crippen molar-refractivity contribution in [2.24, 2.45) is 0 Å². The number of benzene rings is 1. The molecule has 9 nitrogen and oxygen atoms in total. The number of anilines is 2. The largest absolute Gasteiger partial charge is 0.338 e. The fourth-order valence-corrected chi connectivity index (χ4v) is 3.64. The zero-order valence-electron chi connectivity index (χ0n) is 16.1. The van der Waals surface area contributed by atoms with Crippen molar-refractivity contribution < 1.29 is 14.4 Å².